The Morgan fingerprint density at radius 2 is 2.40 bits per heavy atom. The van der Waals surface area contributed by atoms with Gasteiger partial charge < -0.3 is 9.15 Å². The van der Waals surface area contributed by atoms with Crippen molar-refractivity contribution in [1.82, 2.24) is 5.43 Å². The molecule has 3 N–H and O–H groups in total. The fourth-order valence-electron chi connectivity index (χ4n) is 1.91. The highest BCUT2D eigenvalue weighted by Gasteiger charge is 2.28. The lowest BCUT2D eigenvalue weighted by Crippen LogP contribution is -2.39. The molecule has 2 rings (SSSR count). The highest BCUT2D eigenvalue weighted by molar-refractivity contribution is 9.10. The van der Waals surface area contributed by atoms with E-state index < -0.39 is 0 Å². The van der Waals surface area contributed by atoms with Crippen molar-refractivity contribution in [3.63, 3.8) is 0 Å². The third-order valence-corrected chi connectivity index (χ3v) is 3.35. The maximum Gasteiger partial charge on any atom is 0.138 e. The predicted octanol–water partition coefficient (Wildman–Crippen LogP) is 2.12. The van der Waals surface area contributed by atoms with Gasteiger partial charge in [-0.15, -0.1) is 0 Å². The number of halogens is 1. The third-order valence-electron chi connectivity index (χ3n) is 2.69. The van der Waals surface area contributed by atoms with Crippen LogP contribution in [-0.2, 0) is 4.74 Å². The van der Waals surface area contributed by atoms with Gasteiger partial charge in [-0.2, -0.15) is 0 Å². The summed E-state index contributed by atoms with van der Waals surface area (Å²) < 4.78 is 12.0. The fraction of sp³-hybridized carbons (Fsp3) is 0.600. The quantitative estimate of drug-likeness (QED) is 0.655. The third kappa shape index (κ3) is 2.42. The van der Waals surface area contributed by atoms with Crippen LogP contribution < -0.4 is 11.3 Å². The second kappa shape index (κ2) is 5.12. The topological polar surface area (TPSA) is 60.4 Å². The molecule has 1 aliphatic heterocycles. The Labute approximate surface area is 97.3 Å². The fourth-order valence-corrected chi connectivity index (χ4v) is 2.36. The minimum atomic E-state index is -0.0744. The van der Waals surface area contributed by atoms with E-state index >= 15 is 0 Å². The van der Waals surface area contributed by atoms with Crippen molar-refractivity contribution >= 4 is 15.9 Å². The number of hydrogen-bond acceptors (Lipinski definition) is 4. The van der Waals surface area contributed by atoms with Gasteiger partial charge in [0.1, 0.15) is 11.8 Å². The lowest BCUT2D eigenvalue weighted by molar-refractivity contribution is -0.0128. The summed E-state index contributed by atoms with van der Waals surface area (Å²) in [6.45, 7) is 0.807. The number of hydrazine groups is 1. The van der Waals surface area contributed by atoms with E-state index in [2.05, 4.69) is 21.4 Å². The highest BCUT2D eigenvalue weighted by atomic mass is 79.9. The SMILES string of the molecule is NNC(c1occc1Br)C1CCCCO1. The second-order valence-corrected chi connectivity index (χ2v) is 4.54. The van der Waals surface area contributed by atoms with Crippen LogP contribution in [0.15, 0.2) is 21.2 Å². The van der Waals surface area contributed by atoms with E-state index in [1.807, 2.05) is 6.07 Å². The van der Waals surface area contributed by atoms with Gasteiger partial charge in [0.25, 0.3) is 0 Å². The smallest absolute Gasteiger partial charge is 0.138 e. The zero-order valence-electron chi connectivity index (χ0n) is 8.41. The van der Waals surface area contributed by atoms with Crippen molar-refractivity contribution in [2.24, 2.45) is 5.84 Å². The Morgan fingerprint density at radius 1 is 1.53 bits per heavy atom. The average molecular weight is 275 g/mol. The summed E-state index contributed by atoms with van der Waals surface area (Å²) in [7, 11) is 0. The van der Waals surface area contributed by atoms with Crippen molar-refractivity contribution in [2.45, 2.75) is 31.4 Å². The van der Waals surface area contributed by atoms with E-state index in [1.165, 1.54) is 6.42 Å². The van der Waals surface area contributed by atoms with Crippen LogP contribution >= 0.6 is 15.9 Å². The first-order chi connectivity index (χ1) is 7.33. The Bertz CT molecular complexity index is 310. The number of hydrogen-bond donors (Lipinski definition) is 2. The van der Waals surface area contributed by atoms with Crippen LogP contribution in [-0.4, -0.2) is 12.7 Å². The monoisotopic (exact) mass is 274 g/mol. The maximum atomic E-state index is 5.69. The van der Waals surface area contributed by atoms with Gasteiger partial charge in [0.05, 0.1) is 16.8 Å². The molecular weight excluding hydrogens is 260 g/mol. The van der Waals surface area contributed by atoms with E-state index in [-0.39, 0.29) is 12.1 Å². The van der Waals surface area contributed by atoms with Crippen molar-refractivity contribution in [1.29, 1.82) is 0 Å². The maximum absolute atomic E-state index is 5.69. The van der Waals surface area contributed by atoms with Crippen LogP contribution in [0.3, 0.4) is 0 Å². The van der Waals surface area contributed by atoms with Gasteiger partial charge in [-0.05, 0) is 41.3 Å². The van der Waals surface area contributed by atoms with Crippen LogP contribution in [0, 0.1) is 0 Å². The number of ether oxygens (including phenoxy) is 1. The molecule has 1 fully saturated rings. The van der Waals surface area contributed by atoms with Gasteiger partial charge >= 0.3 is 0 Å². The Kier molecular flexibility index (Phi) is 3.80. The lowest BCUT2D eigenvalue weighted by Gasteiger charge is -2.28. The summed E-state index contributed by atoms with van der Waals surface area (Å²) in [6.07, 6.45) is 5.08. The summed E-state index contributed by atoms with van der Waals surface area (Å²) >= 11 is 3.43. The minimum Gasteiger partial charge on any atom is -0.466 e. The van der Waals surface area contributed by atoms with Crippen molar-refractivity contribution < 1.29 is 9.15 Å². The first-order valence-corrected chi connectivity index (χ1v) is 5.93. The summed E-state index contributed by atoms with van der Waals surface area (Å²) in [5.74, 6) is 6.36. The van der Waals surface area contributed by atoms with Gasteiger partial charge in [-0.1, -0.05) is 0 Å². The van der Waals surface area contributed by atoms with Crippen LogP contribution in [0.4, 0.5) is 0 Å². The molecule has 5 heteroatoms. The summed E-state index contributed by atoms with van der Waals surface area (Å²) in [6, 6.07) is 1.79. The molecule has 2 unspecified atom stereocenters. The van der Waals surface area contributed by atoms with Crippen molar-refractivity contribution in [3.8, 4) is 0 Å². The van der Waals surface area contributed by atoms with E-state index in [9.17, 15) is 0 Å². The van der Waals surface area contributed by atoms with Crippen LogP contribution in [0.2, 0.25) is 0 Å². The first kappa shape index (κ1) is 11.1. The lowest BCUT2D eigenvalue weighted by atomic mass is 10.0. The molecule has 0 amide bonds. The van der Waals surface area contributed by atoms with Crippen LogP contribution in [0.25, 0.3) is 0 Å². The van der Waals surface area contributed by atoms with Crippen LogP contribution in [0.5, 0.6) is 0 Å². The molecule has 84 valence electrons. The molecule has 0 saturated carbocycles. The first-order valence-electron chi connectivity index (χ1n) is 5.13. The van der Waals surface area contributed by atoms with Gasteiger partial charge in [0.15, 0.2) is 0 Å². The molecule has 0 aliphatic carbocycles. The molecule has 1 aliphatic rings. The highest BCUT2D eigenvalue weighted by Crippen LogP contribution is 2.31. The molecule has 15 heavy (non-hydrogen) atoms. The molecule has 0 aromatic carbocycles. The van der Waals surface area contributed by atoms with Gasteiger partial charge in [0.2, 0.25) is 0 Å². The zero-order chi connectivity index (χ0) is 10.7. The van der Waals surface area contributed by atoms with Gasteiger partial charge in [0, 0.05) is 6.61 Å². The Morgan fingerprint density at radius 3 is 2.93 bits per heavy atom. The summed E-state index contributed by atoms with van der Waals surface area (Å²) in [5.41, 5.74) is 2.77. The van der Waals surface area contributed by atoms with Gasteiger partial charge in [-0.3, -0.25) is 5.84 Å². The molecule has 0 radical (unpaired) electrons. The molecule has 0 bridgehead atoms. The van der Waals surface area contributed by atoms with E-state index in [4.69, 9.17) is 15.0 Å². The molecule has 4 nitrogen and oxygen atoms in total. The molecule has 1 saturated heterocycles. The number of furan rings is 1. The number of nitrogens with two attached hydrogens (primary N) is 1. The number of rotatable bonds is 3. The summed E-state index contributed by atoms with van der Waals surface area (Å²) in [4.78, 5) is 0. The predicted molar refractivity (Wildman–Crippen MR) is 60.1 cm³/mol. The molecule has 2 heterocycles. The molecule has 1 aromatic rings. The second-order valence-electron chi connectivity index (χ2n) is 3.68. The van der Waals surface area contributed by atoms with Crippen LogP contribution in [0.1, 0.15) is 31.1 Å². The van der Waals surface area contributed by atoms with Crippen molar-refractivity contribution in [3.05, 3.63) is 22.6 Å². The molecular formula is C10H15BrN2O2. The van der Waals surface area contributed by atoms with E-state index in [0.29, 0.717) is 0 Å². The minimum absolute atomic E-state index is 0.0744. The van der Waals surface area contributed by atoms with Gasteiger partial charge in [-0.25, -0.2) is 5.43 Å². The van der Waals surface area contributed by atoms with E-state index in [0.717, 1.165) is 29.7 Å². The van der Waals surface area contributed by atoms with Crippen molar-refractivity contribution in [2.75, 3.05) is 6.61 Å². The average Bonchev–Trinajstić information content (AvgIpc) is 2.68. The molecule has 1 aromatic heterocycles. The Hall–Kier alpha value is -0.360. The number of nitrogens with one attached hydrogen (secondary N) is 1. The molecule has 0 spiro atoms. The largest absolute Gasteiger partial charge is 0.466 e. The standard InChI is InChI=1S/C10H15BrN2O2/c11-7-4-6-15-10(7)9(13-12)8-3-1-2-5-14-8/h4,6,8-9,13H,1-3,5,12H2. The normalized spacial score (nSPS) is 24.0. The van der Waals surface area contributed by atoms with E-state index in [1.54, 1.807) is 6.26 Å². The Balaban J connectivity index is 2.12. The summed E-state index contributed by atoms with van der Waals surface area (Å²) in [5, 5.41) is 0. The molecule has 2 atom stereocenters. The zero-order valence-corrected chi connectivity index (χ0v) is 10.00.